The van der Waals surface area contributed by atoms with E-state index in [-0.39, 0.29) is 22.6 Å². The predicted octanol–water partition coefficient (Wildman–Crippen LogP) is 5.96. The van der Waals surface area contributed by atoms with Crippen LogP contribution in [0.25, 0.3) is 0 Å². The van der Waals surface area contributed by atoms with E-state index in [1.165, 1.54) is 5.56 Å². The predicted molar refractivity (Wildman–Crippen MR) is 122 cm³/mol. The molecule has 1 fully saturated rings. The number of hydrogen-bond donors (Lipinski definition) is 1. The Morgan fingerprint density at radius 2 is 1.79 bits per heavy atom. The van der Waals surface area contributed by atoms with E-state index >= 15 is 0 Å². The molecular formula is C24H30N2O2S. The van der Waals surface area contributed by atoms with Gasteiger partial charge in [0.1, 0.15) is 5.37 Å². The molecule has 4 nitrogen and oxygen atoms in total. The fraction of sp³-hybridized carbons (Fsp3) is 0.417. The Bertz CT molecular complexity index is 884. The third-order valence-electron chi connectivity index (χ3n) is 4.86. The molecule has 1 N–H and O–H groups in total. The van der Waals surface area contributed by atoms with Crippen LogP contribution in [0.5, 0.6) is 0 Å². The van der Waals surface area contributed by atoms with Gasteiger partial charge in [-0.25, -0.2) is 0 Å². The maximum absolute atomic E-state index is 12.7. The summed E-state index contributed by atoms with van der Waals surface area (Å²) in [5.41, 5.74) is 3.97. The highest BCUT2D eigenvalue weighted by Gasteiger charge is 2.35. The summed E-state index contributed by atoms with van der Waals surface area (Å²) in [5.74, 6) is 0.964. The number of para-hydroxylation sites is 1. The van der Waals surface area contributed by atoms with Crippen molar-refractivity contribution in [2.75, 3.05) is 16.0 Å². The molecule has 1 heterocycles. The lowest BCUT2D eigenvalue weighted by Gasteiger charge is -2.27. The number of amides is 2. The molecule has 1 atom stereocenters. The molecule has 2 aromatic rings. The lowest BCUT2D eigenvalue weighted by molar-refractivity contribution is -0.118. The molecule has 0 saturated carbocycles. The highest BCUT2D eigenvalue weighted by molar-refractivity contribution is 8.00. The second-order valence-corrected chi connectivity index (χ2v) is 10.1. The number of anilines is 2. The number of carbonyl (C=O) groups is 2. The van der Waals surface area contributed by atoms with E-state index in [0.717, 1.165) is 16.9 Å². The first-order valence-electron chi connectivity index (χ1n) is 10.1. The molecular weight excluding hydrogens is 380 g/mol. The van der Waals surface area contributed by atoms with Gasteiger partial charge in [0.25, 0.3) is 0 Å². The van der Waals surface area contributed by atoms with Crippen molar-refractivity contribution in [2.24, 2.45) is 5.41 Å². The van der Waals surface area contributed by atoms with Crippen molar-refractivity contribution in [1.82, 2.24) is 0 Å². The van der Waals surface area contributed by atoms with E-state index in [1.807, 2.05) is 68.1 Å². The van der Waals surface area contributed by atoms with Gasteiger partial charge in [0.05, 0.1) is 5.75 Å². The summed E-state index contributed by atoms with van der Waals surface area (Å²) in [6, 6.07) is 16.0. The minimum absolute atomic E-state index is 0.0168. The van der Waals surface area contributed by atoms with Gasteiger partial charge in [-0.2, -0.15) is 0 Å². The average molecular weight is 411 g/mol. The van der Waals surface area contributed by atoms with E-state index in [0.29, 0.717) is 18.1 Å². The fourth-order valence-electron chi connectivity index (χ4n) is 3.54. The average Bonchev–Trinajstić information content (AvgIpc) is 3.02. The molecule has 2 amide bonds. The summed E-state index contributed by atoms with van der Waals surface area (Å²) in [5, 5.41) is 2.91. The first kappa shape index (κ1) is 21.4. The van der Waals surface area contributed by atoms with Crippen molar-refractivity contribution in [3.63, 3.8) is 0 Å². The summed E-state index contributed by atoms with van der Waals surface area (Å²) in [6.07, 6.45) is 0.474. The van der Waals surface area contributed by atoms with E-state index in [1.54, 1.807) is 11.8 Å². The molecule has 0 spiro atoms. The van der Waals surface area contributed by atoms with Crippen molar-refractivity contribution in [3.05, 3.63) is 59.7 Å². The maximum Gasteiger partial charge on any atom is 0.238 e. The smallest absolute Gasteiger partial charge is 0.238 e. The minimum atomic E-state index is -0.0540. The van der Waals surface area contributed by atoms with Gasteiger partial charge in [-0.15, -0.1) is 11.8 Å². The zero-order valence-corrected chi connectivity index (χ0v) is 18.7. The highest BCUT2D eigenvalue weighted by Crippen LogP contribution is 2.44. The number of nitrogens with zero attached hydrogens (tertiary/aromatic N) is 1. The van der Waals surface area contributed by atoms with Crippen LogP contribution in [-0.4, -0.2) is 17.6 Å². The molecule has 2 aromatic carbocycles. The molecule has 0 aromatic heterocycles. The topological polar surface area (TPSA) is 49.4 Å². The Labute approximate surface area is 178 Å². The van der Waals surface area contributed by atoms with Crippen molar-refractivity contribution in [1.29, 1.82) is 0 Å². The third-order valence-corrected chi connectivity index (χ3v) is 6.07. The number of carbonyl (C=O) groups excluding carboxylic acids is 2. The van der Waals surface area contributed by atoms with Gasteiger partial charge in [0.2, 0.25) is 11.8 Å². The van der Waals surface area contributed by atoms with Crippen LogP contribution < -0.4 is 10.2 Å². The summed E-state index contributed by atoms with van der Waals surface area (Å²) in [4.78, 5) is 26.8. The Hall–Kier alpha value is -2.27. The van der Waals surface area contributed by atoms with Crippen LogP contribution in [0.3, 0.4) is 0 Å². The van der Waals surface area contributed by atoms with Crippen molar-refractivity contribution < 1.29 is 9.59 Å². The molecule has 3 rings (SSSR count). The number of thioether (sulfide) groups is 1. The molecule has 0 unspecified atom stereocenters. The second-order valence-electron chi connectivity index (χ2n) is 9.05. The van der Waals surface area contributed by atoms with Crippen molar-refractivity contribution in [2.45, 2.75) is 52.3 Å². The van der Waals surface area contributed by atoms with Gasteiger partial charge in [0, 0.05) is 17.8 Å². The lowest BCUT2D eigenvalue weighted by atomic mass is 9.92. The summed E-state index contributed by atoms with van der Waals surface area (Å²) in [6.45, 7) is 10.4. The van der Waals surface area contributed by atoms with Crippen LogP contribution in [0.4, 0.5) is 11.4 Å². The zero-order valence-electron chi connectivity index (χ0n) is 17.9. The van der Waals surface area contributed by atoms with E-state index in [4.69, 9.17) is 0 Å². The highest BCUT2D eigenvalue weighted by atomic mass is 32.2. The fourth-order valence-corrected chi connectivity index (χ4v) is 4.71. The molecule has 29 heavy (non-hydrogen) atoms. The molecule has 0 radical (unpaired) electrons. The monoisotopic (exact) mass is 410 g/mol. The molecule has 154 valence electrons. The Morgan fingerprint density at radius 3 is 2.41 bits per heavy atom. The van der Waals surface area contributed by atoms with Crippen LogP contribution in [0.15, 0.2) is 48.5 Å². The van der Waals surface area contributed by atoms with Gasteiger partial charge in [-0.05, 0) is 40.7 Å². The minimum Gasteiger partial charge on any atom is -0.326 e. The van der Waals surface area contributed by atoms with Gasteiger partial charge < -0.3 is 5.32 Å². The zero-order chi connectivity index (χ0) is 21.2. The van der Waals surface area contributed by atoms with Crippen LogP contribution in [0, 0.1) is 5.41 Å². The van der Waals surface area contributed by atoms with Gasteiger partial charge in [-0.3, -0.25) is 14.5 Å². The Kier molecular flexibility index (Phi) is 6.37. The van der Waals surface area contributed by atoms with E-state index in [9.17, 15) is 9.59 Å². The van der Waals surface area contributed by atoms with Gasteiger partial charge in [-0.1, -0.05) is 65.0 Å². The largest absolute Gasteiger partial charge is 0.326 e. The quantitative estimate of drug-likeness (QED) is 0.661. The van der Waals surface area contributed by atoms with Gasteiger partial charge >= 0.3 is 0 Å². The van der Waals surface area contributed by atoms with Crippen molar-refractivity contribution in [3.8, 4) is 0 Å². The van der Waals surface area contributed by atoms with Crippen LogP contribution in [0.2, 0.25) is 0 Å². The van der Waals surface area contributed by atoms with Crippen LogP contribution >= 0.6 is 11.8 Å². The van der Waals surface area contributed by atoms with Crippen molar-refractivity contribution >= 4 is 35.0 Å². The van der Waals surface area contributed by atoms with Crippen LogP contribution in [-0.2, 0) is 9.59 Å². The lowest BCUT2D eigenvalue weighted by Crippen LogP contribution is -2.29. The Balaban J connectivity index is 1.81. The number of nitrogens with one attached hydrogen (secondary N) is 1. The summed E-state index contributed by atoms with van der Waals surface area (Å²) in [7, 11) is 0. The number of benzene rings is 2. The summed E-state index contributed by atoms with van der Waals surface area (Å²) >= 11 is 1.64. The molecule has 0 bridgehead atoms. The molecule has 1 saturated heterocycles. The summed E-state index contributed by atoms with van der Waals surface area (Å²) < 4.78 is 0. The normalized spacial score (nSPS) is 17.1. The third kappa shape index (κ3) is 5.21. The van der Waals surface area contributed by atoms with E-state index < -0.39 is 0 Å². The van der Waals surface area contributed by atoms with E-state index in [2.05, 4.69) is 25.2 Å². The SMILES string of the molecule is CC(C)c1ccccc1N1C(=O)CS[C@@H]1c1ccc(NC(=O)CC(C)(C)C)cc1. The molecule has 0 aliphatic carbocycles. The number of hydrogen-bond acceptors (Lipinski definition) is 3. The molecule has 1 aliphatic rings. The first-order chi connectivity index (χ1) is 13.7. The van der Waals surface area contributed by atoms with Crippen LogP contribution in [0.1, 0.15) is 63.5 Å². The van der Waals surface area contributed by atoms with Gasteiger partial charge in [0.15, 0.2) is 0 Å². The second kappa shape index (κ2) is 8.62. The molecule has 1 aliphatic heterocycles. The first-order valence-corrected chi connectivity index (χ1v) is 11.1. The number of rotatable bonds is 5. The Morgan fingerprint density at radius 1 is 1.14 bits per heavy atom. The maximum atomic E-state index is 12.7. The standard InChI is InChI=1S/C24H30N2O2S/c1-16(2)19-8-6-7-9-20(19)26-22(28)15-29-23(26)17-10-12-18(13-11-17)25-21(27)14-24(3,4)5/h6-13,16,23H,14-15H2,1-5H3,(H,25,27)/t23-/m1/s1. The molecule has 5 heteroatoms.